The van der Waals surface area contributed by atoms with Crippen LogP contribution in [0.25, 0.3) is 0 Å². The van der Waals surface area contributed by atoms with Gasteiger partial charge in [0, 0.05) is 19.3 Å². The standard InChI is InChI=1S/C42H33NO6/c1-25-12-18-30(19-13-25)43-39(46)37-38(40(43)47)42(29-16-22-32(23-17-29)49-27(3)45)35-10-6-4-8-33(35)41(37,34-9-5-7-11-36(34)42)24-28-14-20-31(21-15-28)48-26(2)44/h4-23,37-38H,24H2,1-3H3. The predicted molar refractivity (Wildman–Crippen MR) is 183 cm³/mol. The first-order valence-electron chi connectivity index (χ1n) is 16.4. The van der Waals surface area contributed by atoms with Crippen LogP contribution in [-0.4, -0.2) is 23.8 Å². The molecule has 49 heavy (non-hydrogen) atoms. The van der Waals surface area contributed by atoms with Crippen LogP contribution in [0.15, 0.2) is 121 Å². The second-order valence-electron chi connectivity index (χ2n) is 13.2. The van der Waals surface area contributed by atoms with Crippen LogP contribution < -0.4 is 14.4 Å². The summed E-state index contributed by atoms with van der Waals surface area (Å²) in [6.45, 7) is 4.70. The Kier molecular flexibility index (Phi) is 6.93. The molecule has 2 atom stereocenters. The highest BCUT2D eigenvalue weighted by Gasteiger charge is 2.73. The number of ether oxygens (including phenoxy) is 2. The fourth-order valence-electron chi connectivity index (χ4n) is 8.85. The van der Waals surface area contributed by atoms with Gasteiger partial charge in [-0.1, -0.05) is 90.5 Å². The highest BCUT2D eigenvalue weighted by molar-refractivity contribution is 6.24. The van der Waals surface area contributed by atoms with Crippen molar-refractivity contribution >= 4 is 29.4 Å². The minimum Gasteiger partial charge on any atom is -0.427 e. The lowest BCUT2D eigenvalue weighted by Gasteiger charge is -2.60. The molecule has 0 N–H and O–H groups in total. The maximum absolute atomic E-state index is 15.2. The molecule has 1 saturated heterocycles. The summed E-state index contributed by atoms with van der Waals surface area (Å²) in [7, 11) is 0. The third kappa shape index (κ3) is 4.35. The molecule has 4 aliphatic rings. The highest BCUT2D eigenvalue weighted by Crippen LogP contribution is 2.69. The van der Waals surface area contributed by atoms with Crippen LogP contribution in [-0.2, 0) is 36.4 Å². The molecule has 7 nitrogen and oxygen atoms in total. The number of carbonyl (C=O) groups excluding carboxylic acids is 4. The van der Waals surface area contributed by atoms with Gasteiger partial charge in [0.25, 0.3) is 0 Å². The largest absolute Gasteiger partial charge is 0.427 e. The molecule has 0 saturated carbocycles. The van der Waals surface area contributed by atoms with Crippen LogP contribution >= 0.6 is 0 Å². The van der Waals surface area contributed by atoms with Gasteiger partial charge in [0.1, 0.15) is 11.5 Å². The number of aryl methyl sites for hydroxylation is 1. The van der Waals surface area contributed by atoms with Gasteiger partial charge in [0.15, 0.2) is 0 Å². The van der Waals surface area contributed by atoms with Gasteiger partial charge in [0.05, 0.1) is 22.9 Å². The minimum atomic E-state index is -1.01. The average Bonchev–Trinajstić information content (AvgIpc) is 3.37. The van der Waals surface area contributed by atoms with E-state index in [2.05, 4.69) is 24.3 Å². The van der Waals surface area contributed by atoms with Crippen molar-refractivity contribution in [1.29, 1.82) is 0 Å². The van der Waals surface area contributed by atoms with E-state index in [0.717, 1.165) is 38.9 Å². The lowest BCUT2D eigenvalue weighted by atomic mass is 9.39. The number of esters is 2. The number of nitrogens with zero attached hydrogens (tertiary/aromatic N) is 1. The molecule has 7 heteroatoms. The van der Waals surface area contributed by atoms with Gasteiger partial charge >= 0.3 is 11.9 Å². The molecule has 0 spiro atoms. The van der Waals surface area contributed by atoms with E-state index in [1.54, 1.807) is 24.3 Å². The van der Waals surface area contributed by atoms with Crippen molar-refractivity contribution in [2.24, 2.45) is 11.8 Å². The van der Waals surface area contributed by atoms with Crippen LogP contribution in [0.3, 0.4) is 0 Å². The summed E-state index contributed by atoms with van der Waals surface area (Å²) in [6.07, 6.45) is 0.435. The molecule has 0 aromatic heterocycles. The molecule has 2 amide bonds. The third-order valence-corrected chi connectivity index (χ3v) is 10.5. The van der Waals surface area contributed by atoms with Gasteiger partial charge in [0.2, 0.25) is 11.8 Å². The molecule has 0 radical (unpaired) electrons. The van der Waals surface area contributed by atoms with E-state index in [1.165, 1.54) is 18.7 Å². The van der Waals surface area contributed by atoms with Gasteiger partial charge in [-0.2, -0.15) is 0 Å². The Labute approximate surface area is 284 Å². The van der Waals surface area contributed by atoms with Crippen LogP contribution in [0, 0.1) is 18.8 Å². The van der Waals surface area contributed by atoms with Crippen LogP contribution in [0.2, 0.25) is 0 Å². The number of amides is 2. The number of anilines is 1. The van der Waals surface area contributed by atoms with Gasteiger partial charge in [-0.15, -0.1) is 0 Å². The average molecular weight is 648 g/mol. The van der Waals surface area contributed by atoms with Crippen LogP contribution in [0.4, 0.5) is 5.69 Å². The van der Waals surface area contributed by atoms with E-state index in [1.807, 2.05) is 79.7 Å². The molecule has 1 heterocycles. The second-order valence-corrected chi connectivity index (χ2v) is 13.2. The third-order valence-electron chi connectivity index (χ3n) is 10.5. The van der Waals surface area contributed by atoms with E-state index >= 15 is 9.59 Å². The number of hydrogen-bond donors (Lipinski definition) is 0. The molecular weight excluding hydrogens is 614 g/mol. The zero-order valence-electron chi connectivity index (χ0n) is 27.3. The molecule has 9 rings (SSSR count). The van der Waals surface area contributed by atoms with E-state index in [4.69, 9.17) is 9.47 Å². The fraction of sp³-hybridized carbons (Fsp3) is 0.190. The summed E-state index contributed by atoms with van der Waals surface area (Å²) in [6, 6.07) is 38.6. The molecule has 3 aliphatic carbocycles. The smallest absolute Gasteiger partial charge is 0.308 e. The molecule has 1 aliphatic heterocycles. The van der Waals surface area contributed by atoms with Gasteiger partial charge in [-0.05, 0) is 83.1 Å². The van der Waals surface area contributed by atoms with Crippen molar-refractivity contribution in [3.8, 4) is 11.5 Å². The summed E-state index contributed by atoms with van der Waals surface area (Å²) >= 11 is 0. The highest BCUT2D eigenvalue weighted by atomic mass is 16.5. The van der Waals surface area contributed by atoms with Crippen LogP contribution in [0.5, 0.6) is 11.5 Å². The van der Waals surface area contributed by atoms with Crippen molar-refractivity contribution in [2.45, 2.75) is 38.0 Å². The summed E-state index contributed by atoms with van der Waals surface area (Å²) in [4.78, 5) is 55.2. The minimum absolute atomic E-state index is 0.236. The zero-order chi connectivity index (χ0) is 34.1. The maximum Gasteiger partial charge on any atom is 0.308 e. The van der Waals surface area contributed by atoms with E-state index in [9.17, 15) is 9.59 Å². The van der Waals surface area contributed by atoms with Gasteiger partial charge in [-0.25, -0.2) is 4.90 Å². The summed E-state index contributed by atoms with van der Waals surface area (Å²) < 4.78 is 10.7. The van der Waals surface area contributed by atoms with Crippen molar-refractivity contribution in [3.63, 3.8) is 0 Å². The predicted octanol–water partition coefficient (Wildman–Crippen LogP) is 6.84. The van der Waals surface area contributed by atoms with E-state index in [-0.39, 0.29) is 11.8 Å². The fourth-order valence-corrected chi connectivity index (χ4v) is 8.85. The molecule has 2 unspecified atom stereocenters. The monoisotopic (exact) mass is 647 g/mol. The summed E-state index contributed by atoms with van der Waals surface area (Å²) in [5, 5.41) is 0. The lowest BCUT2D eigenvalue weighted by Crippen LogP contribution is -2.62. The molecule has 242 valence electrons. The Hall–Kier alpha value is -5.82. The van der Waals surface area contributed by atoms with E-state index in [0.29, 0.717) is 23.6 Å². The quantitative estimate of drug-likeness (QED) is 0.114. The Morgan fingerprint density at radius 2 is 1.08 bits per heavy atom. The van der Waals surface area contributed by atoms with Crippen molar-refractivity contribution < 1.29 is 28.7 Å². The Morgan fingerprint density at radius 3 is 1.59 bits per heavy atom. The Bertz CT molecular complexity index is 2120. The molecule has 2 bridgehead atoms. The molecule has 1 fully saturated rings. The van der Waals surface area contributed by atoms with Gasteiger partial charge in [-0.3, -0.25) is 19.2 Å². The lowest BCUT2D eigenvalue weighted by molar-refractivity contribution is -0.132. The summed E-state index contributed by atoms with van der Waals surface area (Å²) in [5.74, 6) is -1.99. The first-order valence-corrected chi connectivity index (χ1v) is 16.4. The molecule has 5 aromatic carbocycles. The Morgan fingerprint density at radius 1 is 0.612 bits per heavy atom. The number of benzene rings is 5. The first kappa shape index (κ1) is 30.5. The number of hydrogen-bond acceptors (Lipinski definition) is 6. The van der Waals surface area contributed by atoms with Crippen molar-refractivity contribution in [3.05, 3.63) is 160 Å². The maximum atomic E-state index is 15.2. The zero-order valence-corrected chi connectivity index (χ0v) is 27.3. The number of rotatable bonds is 6. The topological polar surface area (TPSA) is 90.0 Å². The second kappa shape index (κ2) is 11.1. The van der Waals surface area contributed by atoms with Crippen molar-refractivity contribution in [2.75, 3.05) is 4.90 Å². The number of imide groups is 1. The normalized spacial score (nSPS) is 23.0. The molecule has 5 aromatic rings. The SMILES string of the molecule is CC(=O)Oc1ccc(CC23c4ccccc4C(c4ccc(OC(C)=O)cc4)(c4ccccc42)C2C(=O)N(c4ccc(C)cc4)C(=O)C23)cc1. The van der Waals surface area contributed by atoms with Crippen LogP contribution in [0.1, 0.15) is 52.8 Å². The molecular formula is C42H33NO6. The summed E-state index contributed by atoms with van der Waals surface area (Å²) in [5.41, 5.74) is 5.37. The number of carbonyl (C=O) groups is 4. The van der Waals surface area contributed by atoms with Gasteiger partial charge < -0.3 is 9.47 Å². The van der Waals surface area contributed by atoms with E-state index < -0.39 is 34.6 Å². The van der Waals surface area contributed by atoms with Crippen molar-refractivity contribution in [1.82, 2.24) is 0 Å². The first-order chi connectivity index (χ1) is 23.7. The Balaban J connectivity index is 1.42.